The summed E-state index contributed by atoms with van der Waals surface area (Å²) < 4.78 is 28.3. The summed E-state index contributed by atoms with van der Waals surface area (Å²) in [6, 6.07) is 20.8. The molecule has 31 heavy (non-hydrogen) atoms. The fourth-order valence-electron chi connectivity index (χ4n) is 3.37. The molecule has 0 unspecified atom stereocenters. The number of carbonyl (C=O) groups excluding carboxylic acids is 1. The number of nitrogens with one attached hydrogen (secondary N) is 2. The standard InChI is InChI=1S/C22H18BrN3O3S2/c23-19-7-3-2-6-18(19)21(27)25-22(30)24-16-9-11-17(12-10-16)31(28,29)26-14-13-15-5-1-4-8-20(15)26/h1-12H,13-14H2,(H2,24,25,27,30). The number of carbonyl (C=O) groups is 1. The van der Waals surface area contributed by atoms with E-state index in [0.717, 1.165) is 11.3 Å². The Morgan fingerprint density at radius 2 is 1.65 bits per heavy atom. The number of hydrogen-bond acceptors (Lipinski definition) is 4. The highest BCUT2D eigenvalue weighted by molar-refractivity contribution is 9.10. The highest BCUT2D eigenvalue weighted by Crippen LogP contribution is 2.32. The highest BCUT2D eigenvalue weighted by Gasteiger charge is 2.30. The van der Waals surface area contributed by atoms with E-state index in [-0.39, 0.29) is 15.9 Å². The molecule has 0 fully saturated rings. The fourth-order valence-corrected chi connectivity index (χ4v) is 5.55. The fraction of sp³-hybridized carbons (Fsp3) is 0.0909. The Bertz CT molecular complexity index is 1260. The van der Waals surface area contributed by atoms with Gasteiger partial charge in [0.15, 0.2) is 5.11 Å². The lowest BCUT2D eigenvalue weighted by Crippen LogP contribution is -2.34. The zero-order chi connectivity index (χ0) is 22.0. The van der Waals surface area contributed by atoms with E-state index in [4.69, 9.17) is 12.2 Å². The van der Waals surface area contributed by atoms with Crippen molar-refractivity contribution in [3.05, 3.63) is 88.4 Å². The number of nitrogens with zero attached hydrogens (tertiary/aromatic N) is 1. The molecule has 0 radical (unpaired) electrons. The lowest BCUT2D eigenvalue weighted by Gasteiger charge is -2.19. The van der Waals surface area contributed by atoms with Gasteiger partial charge >= 0.3 is 0 Å². The number of sulfonamides is 1. The second kappa shape index (κ2) is 8.78. The van der Waals surface area contributed by atoms with Gasteiger partial charge in [0.1, 0.15) is 0 Å². The highest BCUT2D eigenvalue weighted by atomic mass is 79.9. The maximum absolute atomic E-state index is 13.1. The van der Waals surface area contributed by atoms with Crippen molar-refractivity contribution in [1.82, 2.24) is 5.32 Å². The van der Waals surface area contributed by atoms with Crippen LogP contribution in [0.5, 0.6) is 0 Å². The number of rotatable bonds is 4. The van der Waals surface area contributed by atoms with Crippen LogP contribution in [-0.4, -0.2) is 26.0 Å². The molecule has 6 nitrogen and oxygen atoms in total. The third-order valence-corrected chi connectivity index (χ3v) is 7.61. The van der Waals surface area contributed by atoms with Crippen LogP contribution in [0.15, 0.2) is 82.2 Å². The minimum absolute atomic E-state index is 0.116. The monoisotopic (exact) mass is 515 g/mol. The summed E-state index contributed by atoms with van der Waals surface area (Å²) in [5.74, 6) is -0.350. The number of halogens is 1. The third-order valence-electron chi connectivity index (χ3n) is 4.89. The number of benzene rings is 3. The van der Waals surface area contributed by atoms with Crippen LogP contribution in [0.2, 0.25) is 0 Å². The third kappa shape index (κ3) is 4.48. The lowest BCUT2D eigenvalue weighted by molar-refractivity contribution is 0.0977. The minimum Gasteiger partial charge on any atom is -0.332 e. The van der Waals surface area contributed by atoms with Gasteiger partial charge in [-0.2, -0.15) is 0 Å². The molecule has 0 saturated carbocycles. The first-order valence-corrected chi connectivity index (χ1v) is 12.1. The summed E-state index contributed by atoms with van der Waals surface area (Å²) in [6.07, 6.45) is 0.695. The van der Waals surface area contributed by atoms with Gasteiger partial charge < -0.3 is 5.32 Å². The second-order valence-corrected chi connectivity index (χ2v) is 9.99. The van der Waals surface area contributed by atoms with Gasteiger partial charge in [0.25, 0.3) is 15.9 Å². The molecule has 0 atom stereocenters. The van der Waals surface area contributed by atoms with Crippen molar-refractivity contribution < 1.29 is 13.2 Å². The molecule has 0 spiro atoms. The number of thiocarbonyl (C=S) groups is 1. The summed E-state index contributed by atoms with van der Waals surface area (Å²) in [5, 5.41) is 5.63. The van der Waals surface area contributed by atoms with Crippen LogP contribution in [0.3, 0.4) is 0 Å². The maximum atomic E-state index is 13.1. The predicted octanol–water partition coefficient (Wildman–Crippen LogP) is 4.33. The van der Waals surface area contributed by atoms with E-state index < -0.39 is 10.0 Å². The topological polar surface area (TPSA) is 78.5 Å². The van der Waals surface area contributed by atoms with Crippen molar-refractivity contribution in [3.63, 3.8) is 0 Å². The number of hydrogen-bond donors (Lipinski definition) is 2. The van der Waals surface area contributed by atoms with Crippen LogP contribution in [0.25, 0.3) is 0 Å². The quantitative estimate of drug-likeness (QED) is 0.505. The van der Waals surface area contributed by atoms with Crippen molar-refractivity contribution in [2.45, 2.75) is 11.3 Å². The molecule has 0 aliphatic carbocycles. The molecule has 158 valence electrons. The predicted molar refractivity (Wildman–Crippen MR) is 129 cm³/mol. The average molecular weight is 516 g/mol. The van der Waals surface area contributed by atoms with Gasteiger partial charge in [0.05, 0.1) is 16.1 Å². The number of anilines is 2. The summed E-state index contributed by atoms with van der Waals surface area (Å²) in [7, 11) is -3.66. The summed E-state index contributed by atoms with van der Waals surface area (Å²) in [5.41, 5.74) is 2.77. The first-order chi connectivity index (χ1) is 14.9. The molecule has 1 aliphatic heterocycles. The number of fused-ring (bicyclic) bond motifs is 1. The van der Waals surface area contributed by atoms with Gasteiger partial charge in [-0.25, -0.2) is 8.42 Å². The Morgan fingerprint density at radius 3 is 2.39 bits per heavy atom. The summed E-state index contributed by atoms with van der Waals surface area (Å²) in [4.78, 5) is 12.5. The van der Waals surface area contributed by atoms with Gasteiger partial charge in [-0.3, -0.25) is 14.4 Å². The maximum Gasteiger partial charge on any atom is 0.264 e. The van der Waals surface area contributed by atoms with Crippen molar-refractivity contribution >= 4 is 60.6 Å². The Balaban J connectivity index is 1.44. The minimum atomic E-state index is -3.66. The van der Waals surface area contributed by atoms with E-state index in [1.807, 2.05) is 30.3 Å². The Hall–Kier alpha value is -2.75. The van der Waals surface area contributed by atoms with E-state index >= 15 is 0 Å². The van der Waals surface area contributed by atoms with Crippen LogP contribution in [-0.2, 0) is 16.4 Å². The first-order valence-electron chi connectivity index (χ1n) is 9.44. The molecule has 1 heterocycles. The molecular formula is C22H18BrN3O3S2. The Labute approximate surface area is 194 Å². The molecule has 3 aromatic carbocycles. The van der Waals surface area contributed by atoms with Gasteiger partial charge in [-0.15, -0.1) is 0 Å². The van der Waals surface area contributed by atoms with Gasteiger partial charge in [-0.05, 0) is 82.6 Å². The van der Waals surface area contributed by atoms with Gasteiger partial charge in [0, 0.05) is 16.7 Å². The van der Waals surface area contributed by atoms with Gasteiger partial charge in [-0.1, -0.05) is 30.3 Å². The van der Waals surface area contributed by atoms with Crippen molar-refractivity contribution in [2.75, 3.05) is 16.2 Å². The van der Waals surface area contributed by atoms with Gasteiger partial charge in [0.2, 0.25) is 0 Å². The molecule has 0 aromatic heterocycles. The number of para-hydroxylation sites is 1. The van der Waals surface area contributed by atoms with E-state index in [1.54, 1.807) is 30.3 Å². The molecule has 0 bridgehead atoms. The SMILES string of the molecule is O=C(NC(=S)Nc1ccc(S(=O)(=O)N2CCc3ccccc32)cc1)c1ccccc1Br. The molecule has 3 aromatic rings. The second-order valence-electron chi connectivity index (χ2n) is 6.87. The van der Waals surface area contributed by atoms with Crippen LogP contribution in [0, 0.1) is 0 Å². The van der Waals surface area contributed by atoms with Crippen LogP contribution < -0.4 is 14.9 Å². The first kappa shape index (κ1) is 21.5. The zero-order valence-corrected chi connectivity index (χ0v) is 19.4. The van der Waals surface area contributed by atoms with Crippen molar-refractivity contribution in [1.29, 1.82) is 0 Å². The summed E-state index contributed by atoms with van der Waals surface area (Å²) in [6.45, 7) is 0.423. The van der Waals surface area contributed by atoms with Crippen molar-refractivity contribution in [3.8, 4) is 0 Å². The largest absolute Gasteiger partial charge is 0.332 e. The molecule has 1 amide bonds. The van der Waals surface area contributed by atoms with E-state index in [2.05, 4.69) is 26.6 Å². The van der Waals surface area contributed by atoms with Crippen LogP contribution in [0.4, 0.5) is 11.4 Å². The molecule has 9 heteroatoms. The Morgan fingerprint density at radius 1 is 0.968 bits per heavy atom. The van der Waals surface area contributed by atoms with E-state index in [0.29, 0.717) is 28.7 Å². The molecule has 4 rings (SSSR count). The average Bonchev–Trinajstić information content (AvgIpc) is 3.19. The van der Waals surface area contributed by atoms with Crippen molar-refractivity contribution in [2.24, 2.45) is 0 Å². The Kier molecular flexibility index (Phi) is 6.08. The molecular weight excluding hydrogens is 498 g/mol. The summed E-state index contributed by atoms with van der Waals surface area (Å²) >= 11 is 8.54. The van der Waals surface area contributed by atoms with E-state index in [1.165, 1.54) is 16.4 Å². The number of amides is 1. The lowest BCUT2D eigenvalue weighted by atomic mass is 10.2. The molecule has 0 saturated heterocycles. The molecule has 1 aliphatic rings. The van der Waals surface area contributed by atoms with Crippen LogP contribution >= 0.6 is 28.1 Å². The van der Waals surface area contributed by atoms with Crippen LogP contribution in [0.1, 0.15) is 15.9 Å². The van der Waals surface area contributed by atoms with E-state index in [9.17, 15) is 13.2 Å². The zero-order valence-electron chi connectivity index (χ0n) is 16.2. The normalized spacial score (nSPS) is 12.9. The smallest absolute Gasteiger partial charge is 0.264 e. The molecule has 2 N–H and O–H groups in total.